The zero-order valence-corrected chi connectivity index (χ0v) is 21.6. The van der Waals surface area contributed by atoms with E-state index in [1.165, 1.54) is 17.7 Å². The Hall–Kier alpha value is -4.92. The van der Waals surface area contributed by atoms with Crippen molar-refractivity contribution in [2.24, 2.45) is 0 Å². The van der Waals surface area contributed by atoms with Crippen LogP contribution in [0.5, 0.6) is 5.75 Å². The van der Waals surface area contributed by atoms with E-state index in [2.05, 4.69) is 40.4 Å². The minimum absolute atomic E-state index is 0.172. The van der Waals surface area contributed by atoms with Crippen LogP contribution in [0.4, 0.5) is 13.2 Å². The third kappa shape index (κ3) is 5.44. The summed E-state index contributed by atoms with van der Waals surface area (Å²) in [5, 5.41) is 12.9. The van der Waals surface area contributed by atoms with Crippen LogP contribution in [-0.2, 0) is 12.8 Å². The van der Waals surface area contributed by atoms with Gasteiger partial charge in [0.25, 0.3) is 0 Å². The molecule has 0 saturated heterocycles. The molecule has 0 aliphatic rings. The summed E-state index contributed by atoms with van der Waals surface area (Å²) in [5.41, 5.74) is 4.02. The highest BCUT2D eigenvalue weighted by Gasteiger charge is 2.41. The van der Waals surface area contributed by atoms with Crippen molar-refractivity contribution in [3.63, 3.8) is 0 Å². The molecule has 5 aromatic rings. The maximum Gasteiger partial charge on any atom is 0.434 e. The molecular formula is C31H24F3N3O3. The number of carbonyl (C=O) groups is 1. The summed E-state index contributed by atoms with van der Waals surface area (Å²) >= 11 is 0. The van der Waals surface area contributed by atoms with Crippen molar-refractivity contribution < 1.29 is 27.8 Å². The van der Waals surface area contributed by atoms with Gasteiger partial charge in [-0.15, -0.1) is 0 Å². The molecule has 0 radical (unpaired) electrons. The van der Waals surface area contributed by atoms with E-state index in [1.54, 1.807) is 30.3 Å². The minimum atomic E-state index is -4.95. The number of hydrogen-bond acceptors (Lipinski definition) is 4. The van der Waals surface area contributed by atoms with Crippen LogP contribution < -0.4 is 4.74 Å². The molecule has 5 rings (SSSR count). The fraction of sp³-hybridized carbons (Fsp3) is 0.129. The summed E-state index contributed by atoms with van der Waals surface area (Å²) in [7, 11) is 0. The van der Waals surface area contributed by atoms with E-state index >= 15 is 0 Å². The Kier molecular flexibility index (Phi) is 7.13. The standard InChI is InChI=1S/C31H24F3N3O3/c1-19-10-12-21(13-11-19)22-14-15-23(20(2)16-22)18-40-27-8-4-3-6-24(27)26-7-5-9-28(36-26)37-29(31(32,33)34)25(17-35-37)30(38)39/h3-17H,18H2,1-2H3,(H,38,39). The van der Waals surface area contributed by atoms with Crippen LogP contribution in [0.1, 0.15) is 32.7 Å². The number of hydrogen-bond donors (Lipinski definition) is 1. The number of aromatic carboxylic acids is 1. The van der Waals surface area contributed by atoms with Gasteiger partial charge < -0.3 is 9.84 Å². The second kappa shape index (κ2) is 10.7. The highest BCUT2D eigenvalue weighted by molar-refractivity contribution is 5.89. The molecule has 0 aliphatic heterocycles. The van der Waals surface area contributed by atoms with Crippen LogP contribution in [0.15, 0.2) is 91.1 Å². The lowest BCUT2D eigenvalue weighted by atomic mass is 9.99. The molecule has 0 atom stereocenters. The number of aromatic nitrogens is 3. The second-order valence-electron chi connectivity index (χ2n) is 9.29. The van der Waals surface area contributed by atoms with Gasteiger partial charge in [0.2, 0.25) is 0 Å². The van der Waals surface area contributed by atoms with Crippen molar-refractivity contribution in [2.75, 3.05) is 0 Å². The van der Waals surface area contributed by atoms with Crippen molar-refractivity contribution in [3.8, 4) is 34.0 Å². The first-order chi connectivity index (χ1) is 19.1. The van der Waals surface area contributed by atoms with Crippen LogP contribution in [0.25, 0.3) is 28.2 Å². The molecule has 9 heteroatoms. The highest BCUT2D eigenvalue weighted by atomic mass is 19.4. The van der Waals surface area contributed by atoms with Crippen molar-refractivity contribution in [2.45, 2.75) is 26.6 Å². The molecule has 2 heterocycles. The Balaban J connectivity index is 1.42. The lowest BCUT2D eigenvalue weighted by molar-refractivity contribution is -0.143. The number of alkyl halides is 3. The van der Waals surface area contributed by atoms with Crippen molar-refractivity contribution in [1.29, 1.82) is 0 Å². The zero-order chi connectivity index (χ0) is 28.4. The Morgan fingerprint density at radius 1 is 0.925 bits per heavy atom. The third-order valence-corrected chi connectivity index (χ3v) is 6.49. The molecule has 202 valence electrons. The molecule has 3 aromatic carbocycles. The van der Waals surface area contributed by atoms with Crippen molar-refractivity contribution in [1.82, 2.24) is 14.8 Å². The van der Waals surface area contributed by atoms with E-state index in [1.807, 2.05) is 26.0 Å². The first kappa shape index (κ1) is 26.7. The predicted octanol–water partition coefficient (Wildman–Crippen LogP) is 7.51. The first-order valence-electron chi connectivity index (χ1n) is 12.4. The highest BCUT2D eigenvalue weighted by Crippen LogP contribution is 2.35. The summed E-state index contributed by atoms with van der Waals surface area (Å²) in [6.07, 6.45) is -4.28. The van der Waals surface area contributed by atoms with Gasteiger partial charge in [0.15, 0.2) is 11.5 Å². The van der Waals surface area contributed by atoms with Gasteiger partial charge >= 0.3 is 12.1 Å². The Labute approximate surface area is 228 Å². The summed E-state index contributed by atoms with van der Waals surface area (Å²) in [4.78, 5) is 15.7. The molecule has 0 fully saturated rings. The van der Waals surface area contributed by atoms with Crippen LogP contribution >= 0.6 is 0 Å². The Morgan fingerprint density at radius 3 is 2.35 bits per heavy atom. The van der Waals surface area contributed by atoms with Gasteiger partial charge in [-0.3, -0.25) is 0 Å². The van der Waals surface area contributed by atoms with E-state index in [-0.39, 0.29) is 12.4 Å². The molecule has 0 aliphatic carbocycles. The smallest absolute Gasteiger partial charge is 0.434 e. The number of para-hydroxylation sites is 1. The molecule has 1 N–H and O–H groups in total. The van der Waals surface area contributed by atoms with Crippen LogP contribution in [-0.4, -0.2) is 25.8 Å². The van der Waals surface area contributed by atoms with E-state index in [0.717, 1.165) is 22.3 Å². The largest absolute Gasteiger partial charge is 0.488 e. The van der Waals surface area contributed by atoms with E-state index in [4.69, 9.17) is 4.74 Å². The maximum atomic E-state index is 13.7. The van der Waals surface area contributed by atoms with Crippen LogP contribution in [0, 0.1) is 13.8 Å². The SMILES string of the molecule is Cc1ccc(-c2ccc(COc3ccccc3-c3cccc(-n4ncc(C(=O)O)c4C(F)(F)F)n3)c(C)c2)cc1. The van der Waals surface area contributed by atoms with Crippen LogP contribution in [0.2, 0.25) is 0 Å². The Bertz CT molecular complexity index is 1690. The predicted molar refractivity (Wildman–Crippen MR) is 144 cm³/mol. The normalized spacial score (nSPS) is 11.4. The molecule has 0 amide bonds. The number of aryl methyl sites for hydroxylation is 2. The monoisotopic (exact) mass is 543 g/mol. The van der Waals surface area contributed by atoms with E-state index < -0.39 is 23.4 Å². The fourth-order valence-electron chi connectivity index (χ4n) is 4.39. The topological polar surface area (TPSA) is 77.2 Å². The number of rotatable bonds is 7. The third-order valence-electron chi connectivity index (χ3n) is 6.49. The number of halogens is 3. The summed E-state index contributed by atoms with van der Waals surface area (Å²) < 4.78 is 47.9. The van der Waals surface area contributed by atoms with Gasteiger partial charge in [-0.05, 0) is 60.4 Å². The van der Waals surface area contributed by atoms with E-state index in [0.29, 0.717) is 27.9 Å². The molecule has 6 nitrogen and oxygen atoms in total. The molecule has 40 heavy (non-hydrogen) atoms. The van der Waals surface area contributed by atoms with Gasteiger partial charge in [0, 0.05) is 5.56 Å². The number of pyridine rings is 1. The molecule has 0 bridgehead atoms. The number of carboxylic acids is 1. The number of ether oxygens (including phenoxy) is 1. The first-order valence-corrected chi connectivity index (χ1v) is 12.4. The summed E-state index contributed by atoms with van der Waals surface area (Å²) in [5.74, 6) is -1.40. The molecule has 0 saturated carbocycles. The van der Waals surface area contributed by atoms with Gasteiger partial charge in [-0.1, -0.05) is 66.2 Å². The summed E-state index contributed by atoms with van der Waals surface area (Å²) in [6, 6.07) is 26.1. The van der Waals surface area contributed by atoms with Crippen LogP contribution in [0.3, 0.4) is 0 Å². The maximum absolute atomic E-state index is 13.7. The number of nitrogens with zero attached hydrogens (tertiary/aromatic N) is 3. The second-order valence-corrected chi connectivity index (χ2v) is 9.29. The number of carboxylic acid groups (broad SMARTS) is 1. The summed E-state index contributed by atoms with van der Waals surface area (Å²) in [6.45, 7) is 4.34. The van der Waals surface area contributed by atoms with E-state index in [9.17, 15) is 23.1 Å². The zero-order valence-electron chi connectivity index (χ0n) is 21.6. The van der Waals surface area contributed by atoms with Crippen molar-refractivity contribution >= 4 is 5.97 Å². The quantitative estimate of drug-likeness (QED) is 0.230. The average molecular weight is 544 g/mol. The average Bonchev–Trinajstić information content (AvgIpc) is 3.40. The molecular weight excluding hydrogens is 519 g/mol. The van der Waals surface area contributed by atoms with Gasteiger partial charge in [0.05, 0.1) is 11.9 Å². The molecule has 2 aromatic heterocycles. The molecule has 0 unspecified atom stereocenters. The Morgan fingerprint density at radius 2 is 1.65 bits per heavy atom. The van der Waals surface area contributed by atoms with Gasteiger partial charge in [-0.25, -0.2) is 14.5 Å². The molecule has 0 spiro atoms. The van der Waals surface area contributed by atoms with Gasteiger partial charge in [-0.2, -0.15) is 18.3 Å². The van der Waals surface area contributed by atoms with Gasteiger partial charge in [0.1, 0.15) is 17.9 Å². The fourth-order valence-corrected chi connectivity index (χ4v) is 4.39. The minimum Gasteiger partial charge on any atom is -0.488 e. The van der Waals surface area contributed by atoms with Crippen molar-refractivity contribution in [3.05, 3.63) is 119 Å². The lowest BCUT2D eigenvalue weighted by Gasteiger charge is -2.15. The number of benzene rings is 3. The lowest BCUT2D eigenvalue weighted by Crippen LogP contribution is -2.18.